The highest BCUT2D eigenvalue weighted by molar-refractivity contribution is 7.12. The summed E-state index contributed by atoms with van der Waals surface area (Å²) in [6, 6.07) is 1.66. The summed E-state index contributed by atoms with van der Waals surface area (Å²) in [5.41, 5.74) is 0. The molecule has 13 heavy (non-hydrogen) atoms. The Kier molecular flexibility index (Phi) is 2.93. The number of hydrogen-bond donors (Lipinski definition) is 2. The maximum Gasteiger partial charge on any atom is 0.306 e. The summed E-state index contributed by atoms with van der Waals surface area (Å²) >= 11 is 1.45. The molecule has 1 unspecified atom stereocenters. The highest BCUT2D eigenvalue weighted by Gasteiger charge is 2.15. The van der Waals surface area contributed by atoms with Gasteiger partial charge in [-0.3, -0.25) is 4.79 Å². The predicted molar refractivity (Wildman–Crippen MR) is 51.2 cm³/mol. The van der Waals surface area contributed by atoms with Crippen LogP contribution in [-0.4, -0.2) is 16.2 Å². The van der Waals surface area contributed by atoms with E-state index in [1.54, 1.807) is 13.0 Å². The van der Waals surface area contributed by atoms with Crippen LogP contribution < -0.4 is 0 Å². The number of carbonyl (C=O) groups is 1. The van der Waals surface area contributed by atoms with Gasteiger partial charge in [-0.15, -0.1) is 11.3 Å². The minimum Gasteiger partial charge on any atom is -0.507 e. The molecular weight excluding hydrogens is 188 g/mol. The maximum absolute atomic E-state index is 10.5. The lowest BCUT2D eigenvalue weighted by molar-refractivity contribution is -0.141. The average Bonchev–Trinajstić information content (AvgIpc) is 2.30. The molecule has 4 heteroatoms. The van der Waals surface area contributed by atoms with Crippen molar-refractivity contribution in [2.24, 2.45) is 5.92 Å². The molecule has 0 radical (unpaired) electrons. The van der Waals surface area contributed by atoms with Gasteiger partial charge < -0.3 is 10.2 Å². The zero-order valence-corrected chi connectivity index (χ0v) is 8.39. The zero-order valence-electron chi connectivity index (χ0n) is 7.57. The summed E-state index contributed by atoms with van der Waals surface area (Å²) in [7, 11) is 0. The molecule has 0 saturated heterocycles. The Labute approximate surface area is 80.6 Å². The first-order valence-corrected chi connectivity index (χ1v) is 4.83. The van der Waals surface area contributed by atoms with Crippen molar-refractivity contribution in [1.82, 2.24) is 0 Å². The summed E-state index contributed by atoms with van der Waals surface area (Å²) in [6.07, 6.45) is 0.402. The molecule has 0 aliphatic carbocycles. The van der Waals surface area contributed by atoms with E-state index >= 15 is 0 Å². The van der Waals surface area contributed by atoms with Gasteiger partial charge in [0.05, 0.1) is 5.92 Å². The van der Waals surface area contributed by atoms with Gasteiger partial charge in [-0.05, 0) is 19.4 Å². The van der Waals surface area contributed by atoms with E-state index in [0.717, 1.165) is 9.75 Å². The molecule has 1 aromatic rings. The number of aliphatic carboxylic acids is 1. The van der Waals surface area contributed by atoms with Gasteiger partial charge in [0.1, 0.15) is 5.75 Å². The van der Waals surface area contributed by atoms with Crippen LogP contribution in [0.3, 0.4) is 0 Å². The molecule has 0 saturated carbocycles. The second-order valence-electron chi connectivity index (χ2n) is 3.11. The third-order valence-corrected chi connectivity index (χ3v) is 2.89. The topological polar surface area (TPSA) is 57.5 Å². The van der Waals surface area contributed by atoms with E-state index in [1.165, 1.54) is 11.3 Å². The number of carboxylic acids is 1. The molecule has 0 amide bonds. The van der Waals surface area contributed by atoms with E-state index in [4.69, 9.17) is 5.11 Å². The quantitative estimate of drug-likeness (QED) is 0.784. The van der Waals surface area contributed by atoms with Gasteiger partial charge in [0.25, 0.3) is 0 Å². The third kappa shape index (κ3) is 2.45. The summed E-state index contributed by atoms with van der Waals surface area (Å²) in [4.78, 5) is 12.3. The largest absolute Gasteiger partial charge is 0.507 e. The van der Waals surface area contributed by atoms with Gasteiger partial charge in [-0.25, -0.2) is 0 Å². The summed E-state index contributed by atoms with van der Waals surface area (Å²) in [5.74, 6) is -1.05. The fourth-order valence-corrected chi connectivity index (χ4v) is 2.12. The highest BCUT2D eigenvalue weighted by Crippen LogP contribution is 2.29. The Morgan fingerprint density at radius 3 is 2.69 bits per heavy atom. The Morgan fingerprint density at radius 1 is 1.69 bits per heavy atom. The van der Waals surface area contributed by atoms with Gasteiger partial charge in [-0.1, -0.05) is 6.92 Å². The Hall–Kier alpha value is -1.03. The molecule has 0 spiro atoms. The molecule has 0 aromatic carbocycles. The molecule has 2 N–H and O–H groups in total. The Balaban J connectivity index is 2.74. The SMILES string of the molecule is Cc1cc(O)c(CC(C)C(=O)O)s1. The zero-order chi connectivity index (χ0) is 10.0. The minimum absolute atomic E-state index is 0.218. The lowest BCUT2D eigenvalue weighted by Gasteiger charge is -2.03. The first-order valence-electron chi connectivity index (χ1n) is 4.01. The first-order chi connectivity index (χ1) is 6.00. The number of carboxylic acid groups (broad SMARTS) is 1. The smallest absolute Gasteiger partial charge is 0.306 e. The first kappa shape index (κ1) is 10.1. The van der Waals surface area contributed by atoms with E-state index in [2.05, 4.69) is 0 Å². The number of rotatable bonds is 3. The molecule has 0 aliphatic heterocycles. The van der Waals surface area contributed by atoms with E-state index in [-0.39, 0.29) is 5.75 Å². The van der Waals surface area contributed by atoms with Crippen molar-refractivity contribution in [3.63, 3.8) is 0 Å². The van der Waals surface area contributed by atoms with Crippen molar-refractivity contribution < 1.29 is 15.0 Å². The van der Waals surface area contributed by atoms with E-state index in [9.17, 15) is 9.90 Å². The van der Waals surface area contributed by atoms with Crippen LogP contribution in [-0.2, 0) is 11.2 Å². The monoisotopic (exact) mass is 200 g/mol. The Bertz CT molecular complexity index is 317. The fraction of sp³-hybridized carbons (Fsp3) is 0.444. The van der Waals surface area contributed by atoms with E-state index in [0.29, 0.717) is 6.42 Å². The number of aromatic hydroxyl groups is 1. The van der Waals surface area contributed by atoms with E-state index in [1.807, 2.05) is 6.92 Å². The van der Waals surface area contributed by atoms with Crippen LogP contribution in [0, 0.1) is 12.8 Å². The van der Waals surface area contributed by atoms with Crippen molar-refractivity contribution in [1.29, 1.82) is 0 Å². The fourth-order valence-electron chi connectivity index (χ4n) is 1.06. The number of thiophene rings is 1. The standard InChI is InChI=1S/C9H12O3S/c1-5(9(11)12)3-8-7(10)4-6(2)13-8/h4-5,10H,3H2,1-2H3,(H,11,12). The average molecular weight is 200 g/mol. The molecule has 3 nitrogen and oxygen atoms in total. The summed E-state index contributed by atoms with van der Waals surface area (Å²) < 4.78 is 0. The third-order valence-electron chi connectivity index (χ3n) is 1.82. The van der Waals surface area contributed by atoms with Crippen LogP contribution in [0.2, 0.25) is 0 Å². The van der Waals surface area contributed by atoms with Crippen molar-refractivity contribution in [2.45, 2.75) is 20.3 Å². The van der Waals surface area contributed by atoms with Gasteiger partial charge in [-0.2, -0.15) is 0 Å². The number of aryl methyl sites for hydroxylation is 1. The number of hydrogen-bond acceptors (Lipinski definition) is 3. The van der Waals surface area contributed by atoms with Crippen molar-refractivity contribution in [3.8, 4) is 5.75 Å². The molecule has 1 rings (SSSR count). The van der Waals surface area contributed by atoms with Crippen LogP contribution in [0.4, 0.5) is 0 Å². The van der Waals surface area contributed by atoms with Crippen LogP contribution in [0.1, 0.15) is 16.7 Å². The van der Waals surface area contributed by atoms with Gasteiger partial charge in [0.2, 0.25) is 0 Å². The highest BCUT2D eigenvalue weighted by atomic mass is 32.1. The molecular formula is C9H12O3S. The van der Waals surface area contributed by atoms with Crippen molar-refractivity contribution >= 4 is 17.3 Å². The summed E-state index contributed by atoms with van der Waals surface area (Å²) in [6.45, 7) is 3.52. The van der Waals surface area contributed by atoms with Crippen LogP contribution in [0.5, 0.6) is 5.75 Å². The maximum atomic E-state index is 10.5. The molecule has 0 fully saturated rings. The molecule has 1 atom stereocenters. The van der Waals surface area contributed by atoms with Crippen LogP contribution in [0.25, 0.3) is 0 Å². The molecule has 72 valence electrons. The molecule has 1 heterocycles. The van der Waals surface area contributed by atoms with Crippen molar-refractivity contribution in [2.75, 3.05) is 0 Å². The van der Waals surface area contributed by atoms with Crippen LogP contribution in [0.15, 0.2) is 6.07 Å². The molecule has 1 aromatic heterocycles. The normalized spacial score (nSPS) is 12.8. The minimum atomic E-state index is -0.828. The predicted octanol–water partition coefficient (Wildman–Crippen LogP) is 2.03. The van der Waals surface area contributed by atoms with Gasteiger partial charge in [0.15, 0.2) is 0 Å². The van der Waals surface area contributed by atoms with Gasteiger partial charge in [0, 0.05) is 9.75 Å². The van der Waals surface area contributed by atoms with Crippen molar-refractivity contribution in [3.05, 3.63) is 15.8 Å². The summed E-state index contributed by atoms with van der Waals surface area (Å²) in [5, 5.41) is 18.0. The van der Waals surface area contributed by atoms with Gasteiger partial charge >= 0.3 is 5.97 Å². The Morgan fingerprint density at radius 2 is 2.31 bits per heavy atom. The lowest BCUT2D eigenvalue weighted by atomic mass is 10.1. The second kappa shape index (κ2) is 3.79. The van der Waals surface area contributed by atoms with E-state index < -0.39 is 11.9 Å². The van der Waals surface area contributed by atoms with Crippen LogP contribution >= 0.6 is 11.3 Å². The molecule has 0 bridgehead atoms. The lowest BCUT2D eigenvalue weighted by Crippen LogP contribution is -2.11. The molecule has 0 aliphatic rings. The second-order valence-corrected chi connectivity index (χ2v) is 4.45.